The van der Waals surface area contributed by atoms with Crippen LogP contribution in [0.4, 0.5) is 0 Å². The molecule has 1 amide bonds. The van der Waals surface area contributed by atoms with Crippen LogP contribution in [-0.2, 0) is 4.79 Å². The van der Waals surface area contributed by atoms with E-state index in [0.29, 0.717) is 11.0 Å². The van der Waals surface area contributed by atoms with E-state index in [0.717, 1.165) is 28.3 Å². The summed E-state index contributed by atoms with van der Waals surface area (Å²) in [6, 6.07) is 24.8. The Morgan fingerprint density at radius 2 is 1.59 bits per heavy atom. The summed E-state index contributed by atoms with van der Waals surface area (Å²) >= 11 is 1.28. The van der Waals surface area contributed by atoms with E-state index in [4.69, 9.17) is 9.47 Å². The summed E-state index contributed by atoms with van der Waals surface area (Å²) in [6.45, 7) is 0. The van der Waals surface area contributed by atoms with Gasteiger partial charge in [0.25, 0.3) is 5.91 Å². The summed E-state index contributed by atoms with van der Waals surface area (Å²) < 4.78 is 12.3. The van der Waals surface area contributed by atoms with Crippen molar-refractivity contribution in [2.45, 2.75) is 5.16 Å². The number of carbonyl (C=O) groups excluding carboxylic acids is 1. The number of carbonyl (C=O) groups is 1. The number of hydrogen-bond acceptors (Lipinski definition) is 7. The highest BCUT2D eigenvalue weighted by atomic mass is 32.2. The standard InChI is InChI=1S/C25H23N5O3S/c1-32-21-12-8-18(9-13-21)16-26-27-23(31)17-34-25-29-28-24(19-6-4-3-5-7-19)30(25)20-10-14-22(33-2)15-11-20/h3-16H,17H2,1-2H3,(H,27,31)/b26-16+. The van der Waals surface area contributed by atoms with Gasteiger partial charge in [0.15, 0.2) is 11.0 Å². The molecular weight excluding hydrogens is 450 g/mol. The lowest BCUT2D eigenvalue weighted by Crippen LogP contribution is -2.20. The molecule has 0 unspecified atom stereocenters. The summed E-state index contributed by atoms with van der Waals surface area (Å²) in [6.07, 6.45) is 1.58. The highest BCUT2D eigenvalue weighted by Crippen LogP contribution is 2.28. The van der Waals surface area contributed by atoms with Gasteiger partial charge in [-0.2, -0.15) is 5.10 Å². The van der Waals surface area contributed by atoms with E-state index in [9.17, 15) is 4.79 Å². The first-order valence-corrected chi connectivity index (χ1v) is 11.4. The van der Waals surface area contributed by atoms with Gasteiger partial charge < -0.3 is 9.47 Å². The molecule has 0 bridgehead atoms. The van der Waals surface area contributed by atoms with Crippen LogP contribution in [0.2, 0.25) is 0 Å². The van der Waals surface area contributed by atoms with Crippen molar-refractivity contribution in [1.29, 1.82) is 0 Å². The van der Waals surface area contributed by atoms with Crippen LogP contribution in [0.3, 0.4) is 0 Å². The van der Waals surface area contributed by atoms with Crippen molar-refractivity contribution in [1.82, 2.24) is 20.2 Å². The van der Waals surface area contributed by atoms with Crippen LogP contribution in [0.5, 0.6) is 11.5 Å². The highest BCUT2D eigenvalue weighted by Gasteiger charge is 2.17. The second kappa shape index (κ2) is 11.2. The van der Waals surface area contributed by atoms with Gasteiger partial charge in [-0.15, -0.1) is 10.2 Å². The van der Waals surface area contributed by atoms with Crippen molar-refractivity contribution >= 4 is 23.9 Å². The van der Waals surface area contributed by atoms with Gasteiger partial charge in [0.1, 0.15) is 11.5 Å². The van der Waals surface area contributed by atoms with E-state index in [1.807, 2.05) is 83.4 Å². The molecule has 34 heavy (non-hydrogen) atoms. The quantitative estimate of drug-likeness (QED) is 0.223. The molecule has 0 spiro atoms. The molecule has 0 aliphatic heterocycles. The van der Waals surface area contributed by atoms with E-state index in [1.54, 1.807) is 20.4 Å². The first-order valence-electron chi connectivity index (χ1n) is 10.4. The Balaban J connectivity index is 1.48. The molecular formula is C25H23N5O3S. The van der Waals surface area contributed by atoms with Crippen molar-refractivity contribution in [2.75, 3.05) is 20.0 Å². The first kappa shape index (κ1) is 23.1. The zero-order valence-electron chi connectivity index (χ0n) is 18.7. The molecule has 1 heterocycles. The third-order valence-corrected chi connectivity index (χ3v) is 5.78. The smallest absolute Gasteiger partial charge is 0.250 e. The maximum atomic E-state index is 12.4. The van der Waals surface area contributed by atoms with E-state index >= 15 is 0 Å². The minimum atomic E-state index is -0.250. The molecule has 0 atom stereocenters. The number of ether oxygens (including phenoxy) is 2. The van der Waals surface area contributed by atoms with Crippen molar-refractivity contribution in [2.24, 2.45) is 5.10 Å². The topological polar surface area (TPSA) is 90.6 Å². The molecule has 8 nitrogen and oxygen atoms in total. The summed E-state index contributed by atoms with van der Waals surface area (Å²) in [5, 5.41) is 13.4. The van der Waals surface area contributed by atoms with Crippen molar-refractivity contribution < 1.29 is 14.3 Å². The second-order valence-corrected chi connectivity index (χ2v) is 8.00. The van der Waals surface area contributed by atoms with Gasteiger partial charge >= 0.3 is 0 Å². The largest absolute Gasteiger partial charge is 0.497 e. The minimum absolute atomic E-state index is 0.128. The van der Waals surface area contributed by atoms with Gasteiger partial charge in [-0.3, -0.25) is 9.36 Å². The Morgan fingerprint density at radius 1 is 0.941 bits per heavy atom. The fourth-order valence-corrected chi connectivity index (χ4v) is 3.88. The number of aromatic nitrogens is 3. The highest BCUT2D eigenvalue weighted by molar-refractivity contribution is 7.99. The molecule has 0 fully saturated rings. The minimum Gasteiger partial charge on any atom is -0.497 e. The Labute approximate surface area is 201 Å². The summed E-state index contributed by atoms with van der Waals surface area (Å²) in [5.41, 5.74) is 5.18. The molecule has 4 rings (SSSR count). The predicted octanol–water partition coefficient (Wildman–Crippen LogP) is 4.19. The molecule has 1 aromatic heterocycles. The van der Waals surface area contributed by atoms with Gasteiger partial charge in [-0.25, -0.2) is 5.43 Å². The molecule has 9 heteroatoms. The summed E-state index contributed by atoms with van der Waals surface area (Å²) in [5.74, 6) is 2.07. The molecule has 0 radical (unpaired) electrons. The fourth-order valence-electron chi connectivity index (χ4n) is 3.13. The number of thioether (sulfide) groups is 1. The molecule has 0 saturated heterocycles. The number of benzene rings is 3. The predicted molar refractivity (Wildman–Crippen MR) is 133 cm³/mol. The third kappa shape index (κ3) is 5.62. The molecule has 0 saturated carbocycles. The fraction of sp³-hybridized carbons (Fsp3) is 0.120. The van der Waals surface area contributed by atoms with E-state index in [2.05, 4.69) is 20.7 Å². The van der Waals surface area contributed by atoms with E-state index < -0.39 is 0 Å². The average Bonchev–Trinajstić information content (AvgIpc) is 3.32. The lowest BCUT2D eigenvalue weighted by molar-refractivity contribution is -0.118. The monoisotopic (exact) mass is 473 g/mol. The number of nitrogens with one attached hydrogen (secondary N) is 1. The SMILES string of the molecule is COc1ccc(/C=N/NC(=O)CSc2nnc(-c3ccccc3)n2-c2ccc(OC)cc2)cc1. The Kier molecular flexibility index (Phi) is 7.56. The van der Waals surface area contributed by atoms with Gasteiger partial charge in [-0.1, -0.05) is 42.1 Å². The van der Waals surface area contributed by atoms with Gasteiger partial charge in [0, 0.05) is 11.3 Å². The Morgan fingerprint density at radius 3 is 2.24 bits per heavy atom. The van der Waals surface area contributed by atoms with Crippen LogP contribution in [0.1, 0.15) is 5.56 Å². The first-order chi connectivity index (χ1) is 16.7. The van der Waals surface area contributed by atoms with Gasteiger partial charge in [-0.05, 0) is 54.1 Å². The van der Waals surface area contributed by atoms with Crippen LogP contribution in [-0.4, -0.2) is 46.9 Å². The van der Waals surface area contributed by atoms with Crippen LogP contribution in [0.25, 0.3) is 17.1 Å². The Hall–Kier alpha value is -4.11. The van der Waals surface area contributed by atoms with Crippen LogP contribution in [0, 0.1) is 0 Å². The number of hydrazone groups is 1. The third-order valence-electron chi connectivity index (χ3n) is 4.85. The van der Waals surface area contributed by atoms with Crippen molar-refractivity contribution in [3.8, 4) is 28.6 Å². The average molecular weight is 474 g/mol. The lowest BCUT2D eigenvalue weighted by Gasteiger charge is -2.11. The normalized spacial score (nSPS) is 10.9. The zero-order chi connectivity index (χ0) is 23.8. The maximum Gasteiger partial charge on any atom is 0.250 e. The second-order valence-electron chi connectivity index (χ2n) is 7.06. The van der Waals surface area contributed by atoms with Gasteiger partial charge in [0.05, 0.1) is 26.2 Å². The molecule has 4 aromatic rings. The molecule has 1 N–H and O–H groups in total. The van der Waals surface area contributed by atoms with Crippen molar-refractivity contribution in [3.05, 3.63) is 84.4 Å². The van der Waals surface area contributed by atoms with Crippen molar-refractivity contribution in [3.63, 3.8) is 0 Å². The van der Waals surface area contributed by atoms with Crippen LogP contribution in [0.15, 0.2) is 89.1 Å². The number of rotatable bonds is 9. The summed E-state index contributed by atoms with van der Waals surface area (Å²) in [4.78, 5) is 12.4. The molecule has 0 aliphatic carbocycles. The lowest BCUT2D eigenvalue weighted by atomic mass is 10.2. The van der Waals surface area contributed by atoms with E-state index in [-0.39, 0.29) is 11.7 Å². The number of methoxy groups -OCH3 is 2. The molecule has 172 valence electrons. The molecule has 3 aromatic carbocycles. The van der Waals surface area contributed by atoms with Gasteiger partial charge in [0.2, 0.25) is 0 Å². The van der Waals surface area contributed by atoms with Crippen LogP contribution >= 0.6 is 11.8 Å². The maximum absolute atomic E-state index is 12.4. The summed E-state index contributed by atoms with van der Waals surface area (Å²) in [7, 11) is 3.24. The molecule has 0 aliphatic rings. The Bertz CT molecular complexity index is 1260. The number of hydrogen-bond donors (Lipinski definition) is 1. The zero-order valence-corrected chi connectivity index (χ0v) is 19.5. The van der Waals surface area contributed by atoms with Crippen LogP contribution < -0.4 is 14.9 Å². The van der Waals surface area contributed by atoms with E-state index in [1.165, 1.54) is 11.8 Å². The number of amides is 1. The number of nitrogens with zero attached hydrogens (tertiary/aromatic N) is 4.